The fourth-order valence-corrected chi connectivity index (χ4v) is 3.89. The Hall–Kier alpha value is -1.18. The zero-order valence-electron chi connectivity index (χ0n) is 11.7. The van der Waals surface area contributed by atoms with Crippen LogP contribution in [0.4, 0.5) is 4.39 Å². The van der Waals surface area contributed by atoms with Crippen molar-refractivity contribution in [3.63, 3.8) is 0 Å². The smallest absolute Gasteiger partial charge is 0.243 e. The van der Waals surface area contributed by atoms with Crippen molar-refractivity contribution in [3.05, 3.63) is 24.0 Å². The standard InChI is InChI=1S/C13H18FNO4S/c1-9-7-15(8-10(2)19-9)20(16,17)11-4-5-13(18-3)12(14)6-11/h4-6,9-10H,7-8H2,1-3H3/t9-,10-/m0/s1. The monoisotopic (exact) mass is 303 g/mol. The average molecular weight is 303 g/mol. The molecule has 20 heavy (non-hydrogen) atoms. The second-order valence-corrected chi connectivity index (χ2v) is 6.81. The predicted octanol–water partition coefficient (Wildman–Crippen LogP) is 1.63. The van der Waals surface area contributed by atoms with E-state index in [-0.39, 0.29) is 35.9 Å². The molecule has 0 aliphatic carbocycles. The Morgan fingerprint density at radius 1 is 1.30 bits per heavy atom. The molecule has 1 aromatic rings. The number of ether oxygens (including phenoxy) is 2. The van der Waals surface area contributed by atoms with Crippen molar-refractivity contribution < 1.29 is 22.3 Å². The van der Waals surface area contributed by atoms with Crippen LogP contribution in [0.25, 0.3) is 0 Å². The summed E-state index contributed by atoms with van der Waals surface area (Å²) >= 11 is 0. The maximum atomic E-state index is 13.7. The maximum absolute atomic E-state index is 13.7. The van der Waals surface area contributed by atoms with Crippen LogP contribution in [0.3, 0.4) is 0 Å². The molecule has 1 aromatic carbocycles. The van der Waals surface area contributed by atoms with Crippen LogP contribution in [-0.4, -0.2) is 45.1 Å². The Labute approximate surface area is 118 Å². The number of methoxy groups -OCH3 is 1. The predicted molar refractivity (Wildman–Crippen MR) is 71.7 cm³/mol. The molecule has 0 unspecified atom stereocenters. The molecule has 1 aliphatic rings. The normalized spacial score (nSPS) is 24.6. The number of sulfonamides is 1. The molecule has 0 bridgehead atoms. The Balaban J connectivity index is 2.32. The summed E-state index contributed by atoms with van der Waals surface area (Å²) in [6, 6.07) is 3.65. The van der Waals surface area contributed by atoms with Gasteiger partial charge in [-0.2, -0.15) is 4.31 Å². The molecule has 0 radical (unpaired) electrons. The SMILES string of the molecule is COc1ccc(S(=O)(=O)N2C[C@H](C)O[C@@H](C)C2)cc1F. The third kappa shape index (κ3) is 2.94. The van der Waals surface area contributed by atoms with Crippen LogP contribution in [0.15, 0.2) is 23.1 Å². The van der Waals surface area contributed by atoms with Gasteiger partial charge in [0.15, 0.2) is 11.6 Å². The van der Waals surface area contributed by atoms with E-state index in [2.05, 4.69) is 0 Å². The minimum absolute atomic E-state index is 0.0210. The fraction of sp³-hybridized carbons (Fsp3) is 0.538. The summed E-state index contributed by atoms with van der Waals surface area (Å²) in [5.74, 6) is -0.671. The molecule has 2 rings (SSSR count). The van der Waals surface area contributed by atoms with E-state index in [0.29, 0.717) is 0 Å². The summed E-state index contributed by atoms with van der Waals surface area (Å²) in [6.07, 6.45) is -0.367. The number of hydrogen-bond acceptors (Lipinski definition) is 4. The second-order valence-electron chi connectivity index (χ2n) is 4.88. The van der Waals surface area contributed by atoms with Crippen LogP contribution in [0.5, 0.6) is 5.75 Å². The Kier molecular flexibility index (Phi) is 4.31. The molecule has 0 saturated carbocycles. The van der Waals surface area contributed by atoms with Crippen LogP contribution < -0.4 is 4.74 Å². The summed E-state index contributed by atoms with van der Waals surface area (Å²) in [5, 5.41) is 0. The first kappa shape index (κ1) is 15.2. The first-order valence-electron chi connectivity index (χ1n) is 6.33. The van der Waals surface area contributed by atoms with E-state index in [9.17, 15) is 12.8 Å². The van der Waals surface area contributed by atoms with Crippen LogP contribution in [0.2, 0.25) is 0 Å². The van der Waals surface area contributed by atoms with Crippen LogP contribution in [0, 0.1) is 5.82 Å². The minimum atomic E-state index is -3.72. The number of halogens is 1. The zero-order valence-corrected chi connectivity index (χ0v) is 12.5. The van der Waals surface area contributed by atoms with Crippen molar-refractivity contribution in [2.45, 2.75) is 31.0 Å². The van der Waals surface area contributed by atoms with E-state index < -0.39 is 15.8 Å². The van der Waals surface area contributed by atoms with E-state index >= 15 is 0 Å². The van der Waals surface area contributed by atoms with E-state index in [1.807, 2.05) is 13.8 Å². The molecule has 0 N–H and O–H groups in total. The summed E-state index contributed by atoms with van der Waals surface area (Å²) in [7, 11) is -2.39. The molecule has 1 saturated heterocycles. The molecular weight excluding hydrogens is 285 g/mol. The van der Waals surface area contributed by atoms with Crippen molar-refractivity contribution in [1.29, 1.82) is 0 Å². The van der Waals surface area contributed by atoms with Gasteiger partial charge in [0.2, 0.25) is 10.0 Å². The van der Waals surface area contributed by atoms with Gasteiger partial charge in [0.1, 0.15) is 0 Å². The molecule has 2 atom stereocenters. The first-order valence-corrected chi connectivity index (χ1v) is 7.77. The van der Waals surface area contributed by atoms with Gasteiger partial charge in [0.25, 0.3) is 0 Å². The Morgan fingerprint density at radius 3 is 2.40 bits per heavy atom. The lowest BCUT2D eigenvalue weighted by Crippen LogP contribution is -2.48. The molecule has 0 spiro atoms. The van der Waals surface area contributed by atoms with Crippen molar-refractivity contribution in [2.75, 3.05) is 20.2 Å². The van der Waals surface area contributed by atoms with Crippen molar-refractivity contribution in [1.82, 2.24) is 4.31 Å². The number of hydrogen-bond donors (Lipinski definition) is 0. The lowest BCUT2D eigenvalue weighted by atomic mass is 10.3. The van der Waals surface area contributed by atoms with Gasteiger partial charge >= 0.3 is 0 Å². The lowest BCUT2D eigenvalue weighted by molar-refractivity contribution is -0.0440. The highest BCUT2D eigenvalue weighted by Crippen LogP contribution is 2.25. The maximum Gasteiger partial charge on any atom is 0.243 e. The quantitative estimate of drug-likeness (QED) is 0.851. The van der Waals surface area contributed by atoms with Crippen molar-refractivity contribution >= 4 is 10.0 Å². The van der Waals surface area contributed by atoms with E-state index in [0.717, 1.165) is 6.07 Å². The van der Waals surface area contributed by atoms with Crippen molar-refractivity contribution in [3.8, 4) is 5.75 Å². The fourth-order valence-electron chi connectivity index (χ4n) is 2.28. The van der Waals surface area contributed by atoms with E-state index in [4.69, 9.17) is 9.47 Å². The molecule has 0 amide bonds. The van der Waals surface area contributed by atoms with Gasteiger partial charge < -0.3 is 9.47 Å². The zero-order chi connectivity index (χ0) is 14.9. The number of benzene rings is 1. The molecule has 7 heteroatoms. The summed E-state index contributed by atoms with van der Waals surface area (Å²) < 4.78 is 50.3. The van der Waals surface area contributed by atoms with Gasteiger partial charge in [0.05, 0.1) is 24.2 Å². The summed E-state index contributed by atoms with van der Waals surface area (Å²) in [6.45, 7) is 4.15. The van der Waals surface area contributed by atoms with Crippen LogP contribution >= 0.6 is 0 Å². The van der Waals surface area contributed by atoms with Gasteiger partial charge in [-0.05, 0) is 32.0 Å². The average Bonchev–Trinajstić information content (AvgIpc) is 2.37. The number of morpholine rings is 1. The third-order valence-electron chi connectivity index (χ3n) is 3.15. The highest BCUT2D eigenvalue weighted by molar-refractivity contribution is 7.89. The van der Waals surface area contributed by atoms with Gasteiger partial charge in [0, 0.05) is 13.1 Å². The van der Waals surface area contributed by atoms with Crippen molar-refractivity contribution in [2.24, 2.45) is 0 Å². The largest absolute Gasteiger partial charge is 0.494 e. The van der Waals surface area contributed by atoms with Gasteiger partial charge in [-0.1, -0.05) is 0 Å². The lowest BCUT2D eigenvalue weighted by Gasteiger charge is -2.34. The number of rotatable bonds is 3. The molecular formula is C13H18FNO4S. The Bertz CT molecular complexity index is 580. The highest BCUT2D eigenvalue weighted by Gasteiger charge is 2.32. The van der Waals surface area contributed by atoms with Crippen LogP contribution in [-0.2, 0) is 14.8 Å². The molecule has 1 heterocycles. The van der Waals surface area contributed by atoms with Gasteiger partial charge in [-0.15, -0.1) is 0 Å². The molecule has 112 valence electrons. The second kappa shape index (κ2) is 5.67. The molecule has 1 aliphatic heterocycles. The van der Waals surface area contributed by atoms with E-state index in [1.54, 1.807) is 0 Å². The summed E-state index contributed by atoms with van der Waals surface area (Å²) in [4.78, 5) is -0.0721. The Morgan fingerprint density at radius 2 is 1.90 bits per heavy atom. The molecule has 0 aromatic heterocycles. The minimum Gasteiger partial charge on any atom is -0.494 e. The molecule has 1 fully saturated rings. The first-order chi connectivity index (χ1) is 9.34. The number of nitrogens with zero attached hydrogens (tertiary/aromatic N) is 1. The highest BCUT2D eigenvalue weighted by atomic mass is 32.2. The third-order valence-corrected chi connectivity index (χ3v) is 4.97. The summed E-state index contributed by atoms with van der Waals surface area (Å²) in [5.41, 5.74) is 0. The molecule has 5 nitrogen and oxygen atoms in total. The topological polar surface area (TPSA) is 55.8 Å². The van der Waals surface area contributed by atoms with Gasteiger partial charge in [-0.25, -0.2) is 12.8 Å². The van der Waals surface area contributed by atoms with Gasteiger partial charge in [-0.3, -0.25) is 0 Å². The van der Waals surface area contributed by atoms with Crippen LogP contribution in [0.1, 0.15) is 13.8 Å². The van der Waals surface area contributed by atoms with E-state index in [1.165, 1.54) is 23.5 Å².